The molecule has 1 unspecified atom stereocenters. The highest BCUT2D eigenvalue weighted by Gasteiger charge is 2.44. The second-order valence-electron chi connectivity index (χ2n) is 4.98. The summed E-state index contributed by atoms with van der Waals surface area (Å²) in [6.45, 7) is 3.12. The van der Waals surface area contributed by atoms with Crippen LogP contribution in [0.1, 0.15) is 24.6 Å². The van der Waals surface area contributed by atoms with E-state index in [2.05, 4.69) is 21.2 Å². The monoisotopic (exact) mass is 360 g/mol. The average Bonchev–Trinajstić information content (AvgIpc) is 3.03. The van der Waals surface area contributed by atoms with Crippen molar-refractivity contribution in [3.63, 3.8) is 0 Å². The maximum absolute atomic E-state index is 12.1. The molecule has 110 valence electrons. The van der Waals surface area contributed by atoms with Crippen molar-refractivity contribution in [1.29, 1.82) is 0 Å². The summed E-state index contributed by atoms with van der Waals surface area (Å²) in [4.78, 5) is 26.1. The molecule has 0 bridgehead atoms. The Balaban J connectivity index is 1.90. The van der Waals surface area contributed by atoms with Crippen molar-refractivity contribution in [2.75, 3.05) is 13.1 Å². The SMILES string of the molecule is CCC1(C(=O)O)CCN(C(=O)NCc2ccc(Br)s2)C1. The van der Waals surface area contributed by atoms with Crippen LogP contribution in [0.15, 0.2) is 15.9 Å². The molecule has 0 aromatic carbocycles. The van der Waals surface area contributed by atoms with Crippen LogP contribution < -0.4 is 5.32 Å². The Morgan fingerprint density at radius 1 is 1.55 bits per heavy atom. The Bertz CT molecular complexity index is 519. The summed E-state index contributed by atoms with van der Waals surface area (Å²) >= 11 is 4.95. The van der Waals surface area contributed by atoms with Gasteiger partial charge >= 0.3 is 12.0 Å². The number of amides is 2. The molecule has 1 aliphatic heterocycles. The zero-order chi connectivity index (χ0) is 14.8. The van der Waals surface area contributed by atoms with Crippen LogP contribution in [0.3, 0.4) is 0 Å². The van der Waals surface area contributed by atoms with Crippen LogP contribution in [0.2, 0.25) is 0 Å². The van der Waals surface area contributed by atoms with E-state index in [-0.39, 0.29) is 6.03 Å². The van der Waals surface area contributed by atoms with Crippen molar-refractivity contribution < 1.29 is 14.7 Å². The first kappa shape index (κ1) is 15.3. The van der Waals surface area contributed by atoms with Crippen LogP contribution in [-0.2, 0) is 11.3 Å². The molecule has 0 spiro atoms. The van der Waals surface area contributed by atoms with Crippen LogP contribution >= 0.6 is 27.3 Å². The number of rotatable bonds is 4. The molecular weight excluding hydrogens is 344 g/mol. The lowest BCUT2D eigenvalue weighted by atomic mass is 9.84. The van der Waals surface area contributed by atoms with Gasteiger partial charge < -0.3 is 15.3 Å². The lowest BCUT2D eigenvalue weighted by Gasteiger charge is -2.23. The number of thiophene rings is 1. The first-order valence-corrected chi connectivity index (χ1v) is 8.08. The van der Waals surface area contributed by atoms with E-state index in [0.717, 1.165) is 8.66 Å². The first-order chi connectivity index (χ1) is 9.47. The molecule has 1 atom stereocenters. The third kappa shape index (κ3) is 3.15. The smallest absolute Gasteiger partial charge is 0.317 e. The minimum atomic E-state index is -0.808. The third-order valence-corrected chi connectivity index (χ3v) is 5.44. The molecule has 2 heterocycles. The zero-order valence-corrected chi connectivity index (χ0v) is 13.6. The summed E-state index contributed by atoms with van der Waals surface area (Å²) in [6, 6.07) is 3.70. The molecule has 2 rings (SSSR count). The van der Waals surface area contributed by atoms with Crippen LogP contribution in [0, 0.1) is 5.41 Å². The van der Waals surface area contributed by atoms with Gasteiger partial charge in [0.2, 0.25) is 0 Å². The molecule has 20 heavy (non-hydrogen) atoms. The lowest BCUT2D eigenvalue weighted by molar-refractivity contribution is -0.148. The molecule has 7 heteroatoms. The van der Waals surface area contributed by atoms with E-state index in [9.17, 15) is 14.7 Å². The molecule has 0 radical (unpaired) electrons. The fourth-order valence-electron chi connectivity index (χ4n) is 2.38. The van der Waals surface area contributed by atoms with Crippen molar-refractivity contribution in [3.05, 3.63) is 20.8 Å². The van der Waals surface area contributed by atoms with Crippen molar-refractivity contribution in [3.8, 4) is 0 Å². The second kappa shape index (κ2) is 6.13. The number of nitrogens with one attached hydrogen (secondary N) is 1. The van der Waals surface area contributed by atoms with Gasteiger partial charge in [0, 0.05) is 18.0 Å². The highest BCUT2D eigenvalue weighted by Crippen LogP contribution is 2.34. The number of carboxylic acid groups (broad SMARTS) is 1. The summed E-state index contributed by atoms with van der Waals surface area (Å²) < 4.78 is 1.03. The topological polar surface area (TPSA) is 69.6 Å². The van der Waals surface area contributed by atoms with Crippen LogP contribution in [0.5, 0.6) is 0 Å². The molecule has 1 aliphatic rings. The number of hydrogen-bond donors (Lipinski definition) is 2. The molecule has 1 aromatic rings. The van der Waals surface area contributed by atoms with Gasteiger partial charge in [-0.1, -0.05) is 6.92 Å². The Kier molecular flexibility index (Phi) is 4.70. The fourth-order valence-corrected chi connectivity index (χ4v) is 3.80. The Morgan fingerprint density at radius 2 is 2.30 bits per heavy atom. The van der Waals surface area contributed by atoms with Crippen molar-refractivity contribution >= 4 is 39.3 Å². The minimum Gasteiger partial charge on any atom is -0.481 e. The highest BCUT2D eigenvalue weighted by molar-refractivity contribution is 9.11. The molecule has 1 fully saturated rings. The second-order valence-corrected chi connectivity index (χ2v) is 7.52. The van der Waals surface area contributed by atoms with E-state index in [0.29, 0.717) is 32.5 Å². The number of nitrogens with zero attached hydrogens (tertiary/aromatic N) is 1. The quantitative estimate of drug-likeness (QED) is 0.867. The van der Waals surface area contributed by atoms with E-state index < -0.39 is 11.4 Å². The molecule has 2 amide bonds. The van der Waals surface area contributed by atoms with Gasteiger partial charge in [0.15, 0.2) is 0 Å². The standard InChI is InChI=1S/C13H17BrN2O3S/c1-2-13(11(17)18)5-6-16(8-13)12(19)15-7-9-3-4-10(14)20-9/h3-4H,2,5-8H2,1H3,(H,15,19)(H,17,18). The van der Waals surface area contributed by atoms with Crippen molar-refractivity contribution in [2.24, 2.45) is 5.41 Å². The molecule has 1 saturated heterocycles. The minimum absolute atomic E-state index is 0.189. The number of carboxylic acids is 1. The van der Waals surface area contributed by atoms with Gasteiger partial charge in [-0.15, -0.1) is 11.3 Å². The Morgan fingerprint density at radius 3 is 2.80 bits per heavy atom. The Labute approximate surface area is 130 Å². The lowest BCUT2D eigenvalue weighted by Crippen LogP contribution is -2.41. The first-order valence-electron chi connectivity index (χ1n) is 6.47. The van der Waals surface area contributed by atoms with E-state index in [1.807, 2.05) is 19.1 Å². The molecule has 0 saturated carbocycles. The predicted molar refractivity (Wildman–Crippen MR) is 80.8 cm³/mol. The predicted octanol–water partition coefficient (Wildman–Crippen LogP) is 2.91. The number of aliphatic carboxylic acids is 1. The van der Waals surface area contributed by atoms with Crippen molar-refractivity contribution in [2.45, 2.75) is 26.3 Å². The highest BCUT2D eigenvalue weighted by atomic mass is 79.9. The normalized spacial score (nSPS) is 22.0. The van der Waals surface area contributed by atoms with Crippen LogP contribution in [0.25, 0.3) is 0 Å². The number of likely N-dealkylation sites (tertiary alicyclic amines) is 1. The number of carbonyl (C=O) groups excluding carboxylic acids is 1. The van der Waals surface area contributed by atoms with Crippen LogP contribution in [0.4, 0.5) is 4.79 Å². The van der Waals surface area contributed by atoms with E-state index in [1.165, 1.54) is 0 Å². The molecular formula is C13H17BrN2O3S. The van der Waals surface area contributed by atoms with E-state index >= 15 is 0 Å². The molecule has 0 aliphatic carbocycles. The van der Waals surface area contributed by atoms with Gasteiger partial charge in [0.05, 0.1) is 15.7 Å². The maximum atomic E-state index is 12.1. The summed E-state index contributed by atoms with van der Waals surface area (Å²) in [5.41, 5.74) is -0.775. The number of urea groups is 1. The third-order valence-electron chi connectivity index (χ3n) is 3.81. The number of carbonyl (C=O) groups is 2. The van der Waals surface area contributed by atoms with E-state index in [4.69, 9.17) is 0 Å². The van der Waals surface area contributed by atoms with Crippen LogP contribution in [-0.4, -0.2) is 35.1 Å². The Hall–Kier alpha value is -1.08. The fraction of sp³-hybridized carbons (Fsp3) is 0.538. The summed E-state index contributed by atoms with van der Waals surface area (Å²) in [6.07, 6.45) is 1.07. The van der Waals surface area contributed by atoms with Gasteiger partial charge in [0.25, 0.3) is 0 Å². The molecule has 2 N–H and O–H groups in total. The van der Waals surface area contributed by atoms with Gasteiger partial charge in [0.1, 0.15) is 0 Å². The van der Waals surface area contributed by atoms with E-state index in [1.54, 1.807) is 16.2 Å². The largest absolute Gasteiger partial charge is 0.481 e. The maximum Gasteiger partial charge on any atom is 0.317 e. The summed E-state index contributed by atoms with van der Waals surface area (Å²) in [5.74, 6) is -0.808. The average molecular weight is 361 g/mol. The summed E-state index contributed by atoms with van der Waals surface area (Å²) in [5, 5.41) is 12.2. The van der Waals surface area contributed by atoms with Crippen molar-refractivity contribution in [1.82, 2.24) is 10.2 Å². The van der Waals surface area contributed by atoms with Gasteiger partial charge in [-0.2, -0.15) is 0 Å². The number of hydrogen-bond acceptors (Lipinski definition) is 3. The number of halogens is 1. The van der Waals surface area contributed by atoms with Gasteiger partial charge in [-0.25, -0.2) is 4.79 Å². The zero-order valence-electron chi connectivity index (χ0n) is 11.2. The van der Waals surface area contributed by atoms with Gasteiger partial charge in [-0.3, -0.25) is 4.79 Å². The summed E-state index contributed by atoms with van der Waals surface area (Å²) in [7, 11) is 0. The van der Waals surface area contributed by atoms with Gasteiger partial charge in [-0.05, 0) is 40.9 Å². The molecule has 5 nitrogen and oxygen atoms in total. The molecule has 1 aromatic heterocycles.